The molecule has 0 saturated heterocycles. The molecule has 1 fully saturated rings. The molecule has 0 aliphatic heterocycles. The SMILES string of the molecule is COc1ccc(C2CCC(CNc3cccc(C#N)c3)CC2)cc1C. The molecule has 1 N–H and O–H groups in total. The number of rotatable bonds is 5. The van der Waals surface area contributed by atoms with Gasteiger partial charge in [-0.15, -0.1) is 0 Å². The lowest BCUT2D eigenvalue weighted by Crippen LogP contribution is -2.20. The van der Waals surface area contributed by atoms with Gasteiger partial charge in [-0.05, 0) is 79.8 Å². The van der Waals surface area contributed by atoms with Crippen molar-refractivity contribution in [2.75, 3.05) is 19.0 Å². The Kier molecular flexibility index (Phi) is 5.60. The van der Waals surface area contributed by atoms with Crippen molar-refractivity contribution in [1.82, 2.24) is 0 Å². The van der Waals surface area contributed by atoms with Crippen LogP contribution in [0, 0.1) is 24.2 Å². The highest BCUT2D eigenvalue weighted by Crippen LogP contribution is 2.37. The molecular formula is C22H26N2O. The quantitative estimate of drug-likeness (QED) is 0.811. The highest BCUT2D eigenvalue weighted by Gasteiger charge is 2.22. The summed E-state index contributed by atoms with van der Waals surface area (Å²) in [6.07, 6.45) is 4.99. The van der Waals surface area contributed by atoms with Gasteiger partial charge in [0, 0.05) is 12.2 Å². The lowest BCUT2D eigenvalue weighted by molar-refractivity contribution is 0.338. The Bertz CT molecular complexity index is 755. The fourth-order valence-electron chi connectivity index (χ4n) is 3.82. The third-order valence-corrected chi connectivity index (χ3v) is 5.32. The molecule has 0 amide bonds. The second-order valence-electron chi connectivity index (χ2n) is 7.02. The van der Waals surface area contributed by atoms with Crippen LogP contribution >= 0.6 is 0 Å². The molecule has 2 aromatic carbocycles. The molecule has 0 radical (unpaired) electrons. The number of hydrogen-bond donors (Lipinski definition) is 1. The molecule has 0 heterocycles. The van der Waals surface area contributed by atoms with Gasteiger partial charge in [-0.2, -0.15) is 5.26 Å². The molecule has 0 atom stereocenters. The number of ether oxygens (including phenoxy) is 1. The number of hydrogen-bond acceptors (Lipinski definition) is 3. The van der Waals surface area contributed by atoms with Gasteiger partial charge in [0.2, 0.25) is 0 Å². The molecule has 25 heavy (non-hydrogen) atoms. The predicted octanol–water partition coefficient (Wildman–Crippen LogP) is 5.26. The lowest BCUT2D eigenvalue weighted by atomic mass is 9.78. The third-order valence-electron chi connectivity index (χ3n) is 5.32. The molecule has 1 saturated carbocycles. The maximum atomic E-state index is 8.98. The van der Waals surface area contributed by atoms with Crippen LogP contribution in [0.4, 0.5) is 5.69 Å². The van der Waals surface area contributed by atoms with Gasteiger partial charge in [0.05, 0.1) is 18.7 Å². The molecule has 0 bridgehead atoms. The third kappa shape index (κ3) is 4.33. The molecule has 3 heteroatoms. The van der Waals surface area contributed by atoms with Crippen LogP contribution in [0.5, 0.6) is 5.75 Å². The van der Waals surface area contributed by atoms with E-state index in [4.69, 9.17) is 10.00 Å². The van der Waals surface area contributed by atoms with Gasteiger partial charge in [-0.1, -0.05) is 18.2 Å². The van der Waals surface area contributed by atoms with Crippen LogP contribution in [0.3, 0.4) is 0 Å². The van der Waals surface area contributed by atoms with Gasteiger partial charge in [0.25, 0.3) is 0 Å². The monoisotopic (exact) mass is 334 g/mol. The first-order valence-electron chi connectivity index (χ1n) is 9.08. The topological polar surface area (TPSA) is 45.0 Å². The summed E-state index contributed by atoms with van der Waals surface area (Å²) in [7, 11) is 1.73. The molecular weight excluding hydrogens is 308 g/mol. The maximum absolute atomic E-state index is 8.98. The summed E-state index contributed by atoms with van der Waals surface area (Å²) in [6, 6.07) is 16.5. The smallest absolute Gasteiger partial charge is 0.121 e. The Morgan fingerprint density at radius 2 is 1.92 bits per heavy atom. The zero-order valence-corrected chi connectivity index (χ0v) is 15.1. The van der Waals surface area contributed by atoms with Gasteiger partial charge in [0.15, 0.2) is 0 Å². The van der Waals surface area contributed by atoms with Crippen LogP contribution in [0.1, 0.15) is 48.3 Å². The van der Waals surface area contributed by atoms with Crippen LogP contribution in [0.15, 0.2) is 42.5 Å². The van der Waals surface area contributed by atoms with Gasteiger partial charge in [0.1, 0.15) is 5.75 Å². The van der Waals surface area contributed by atoms with Crippen LogP contribution < -0.4 is 10.1 Å². The minimum Gasteiger partial charge on any atom is -0.496 e. The summed E-state index contributed by atoms with van der Waals surface area (Å²) < 4.78 is 5.37. The molecule has 0 unspecified atom stereocenters. The lowest BCUT2D eigenvalue weighted by Gasteiger charge is -2.29. The summed E-state index contributed by atoms with van der Waals surface area (Å²) in [4.78, 5) is 0. The second-order valence-corrected chi connectivity index (χ2v) is 7.02. The van der Waals surface area contributed by atoms with Gasteiger partial charge >= 0.3 is 0 Å². The van der Waals surface area contributed by atoms with Gasteiger partial charge in [-0.25, -0.2) is 0 Å². The molecule has 0 aromatic heterocycles. The average Bonchev–Trinajstić information content (AvgIpc) is 2.67. The Balaban J connectivity index is 1.51. The number of benzene rings is 2. The first-order chi connectivity index (χ1) is 12.2. The highest BCUT2D eigenvalue weighted by molar-refractivity contribution is 5.49. The number of nitrogens with one attached hydrogen (secondary N) is 1. The van der Waals surface area contributed by atoms with E-state index in [0.29, 0.717) is 17.4 Å². The van der Waals surface area contributed by atoms with Crippen LogP contribution in [-0.2, 0) is 0 Å². The summed E-state index contributed by atoms with van der Waals surface area (Å²) in [5.74, 6) is 2.35. The Labute approximate surface area is 150 Å². The van der Waals surface area contributed by atoms with E-state index in [9.17, 15) is 0 Å². The maximum Gasteiger partial charge on any atom is 0.121 e. The number of aryl methyl sites for hydroxylation is 1. The summed E-state index contributed by atoms with van der Waals surface area (Å²) in [5, 5.41) is 12.5. The highest BCUT2D eigenvalue weighted by atomic mass is 16.5. The van der Waals surface area contributed by atoms with E-state index in [0.717, 1.165) is 18.0 Å². The Morgan fingerprint density at radius 1 is 1.12 bits per heavy atom. The van der Waals surface area contributed by atoms with E-state index in [-0.39, 0.29) is 0 Å². The molecule has 130 valence electrons. The first kappa shape index (κ1) is 17.4. The zero-order chi connectivity index (χ0) is 17.6. The molecule has 0 spiro atoms. The van der Waals surface area contributed by atoms with Crippen molar-refractivity contribution in [3.05, 3.63) is 59.2 Å². The number of anilines is 1. The fraction of sp³-hybridized carbons (Fsp3) is 0.409. The Morgan fingerprint density at radius 3 is 2.60 bits per heavy atom. The van der Waals surface area contributed by atoms with E-state index in [1.807, 2.05) is 24.3 Å². The van der Waals surface area contributed by atoms with Crippen LogP contribution in [0.2, 0.25) is 0 Å². The average molecular weight is 334 g/mol. The van der Waals surface area contributed by atoms with Crippen molar-refractivity contribution >= 4 is 5.69 Å². The van der Waals surface area contributed by atoms with Crippen molar-refractivity contribution in [3.63, 3.8) is 0 Å². The Hall–Kier alpha value is -2.47. The normalized spacial score (nSPS) is 19.9. The first-order valence-corrected chi connectivity index (χ1v) is 9.08. The fourth-order valence-corrected chi connectivity index (χ4v) is 3.82. The molecule has 3 nitrogen and oxygen atoms in total. The molecule has 2 aromatic rings. The van der Waals surface area contributed by atoms with Gasteiger partial charge in [-0.3, -0.25) is 0 Å². The molecule has 1 aliphatic rings. The van der Waals surface area contributed by atoms with E-state index in [1.165, 1.54) is 36.8 Å². The van der Waals surface area contributed by atoms with Crippen molar-refractivity contribution in [3.8, 4) is 11.8 Å². The van der Waals surface area contributed by atoms with E-state index < -0.39 is 0 Å². The van der Waals surface area contributed by atoms with Crippen molar-refractivity contribution in [2.24, 2.45) is 5.92 Å². The van der Waals surface area contributed by atoms with E-state index >= 15 is 0 Å². The number of nitrogens with zero attached hydrogens (tertiary/aromatic N) is 1. The van der Waals surface area contributed by atoms with Crippen LogP contribution in [-0.4, -0.2) is 13.7 Å². The zero-order valence-electron chi connectivity index (χ0n) is 15.1. The van der Waals surface area contributed by atoms with Crippen LogP contribution in [0.25, 0.3) is 0 Å². The molecule has 1 aliphatic carbocycles. The summed E-state index contributed by atoms with van der Waals surface area (Å²) in [5.41, 5.74) is 4.43. The summed E-state index contributed by atoms with van der Waals surface area (Å²) >= 11 is 0. The minimum atomic E-state index is 0.669. The molecule has 3 rings (SSSR count). The summed E-state index contributed by atoms with van der Waals surface area (Å²) in [6.45, 7) is 3.11. The van der Waals surface area contributed by atoms with Crippen molar-refractivity contribution in [2.45, 2.75) is 38.5 Å². The van der Waals surface area contributed by atoms with E-state index in [2.05, 4.69) is 36.5 Å². The largest absolute Gasteiger partial charge is 0.496 e. The number of nitriles is 1. The van der Waals surface area contributed by atoms with Gasteiger partial charge < -0.3 is 10.1 Å². The predicted molar refractivity (Wildman–Crippen MR) is 102 cm³/mol. The second kappa shape index (κ2) is 8.07. The van der Waals surface area contributed by atoms with E-state index in [1.54, 1.807) is 7.11 Å². The number of methoxy groups -OCH3 is 1. The van der Waals surface area contributed by atoms with Crippen molar-refractivity contribution in [1.29, 1.82) is 5.26 Å². The van der Waals surface area contributed by atoms with Crippen molar-refractivity contribution < 1.29 is 4.74 Å². The standard InChI is InChI=1S/C22H26N2O/c1-16-12-20(10-11-22(16)25-2)19-8-6-17(7-9-19)15-24-21-5-3-4-18(13-21)14-23/h3-5,10-13,17,19,24H,6-9,15H2,1-2H3. The minimum absolute atomic E-state index is 0.669.